The molecule has 0 spiro atoms. The third kappa shape index (κ3) is 3.40. The van der Waals surface area contributed by atoms with Crippen molar-refractivity contribution in [3.63, 3.8) is 0 Å². The standard InChI is InChI=1S/C22H20N2O3/c25-19(12-9-15-5-2-1-3-6-15)23-17-8-4-7-16-10-11-18(22(16)17)24-20(26)13-14-21(24)27/h1-8,13-14,18H,9-12H2,(H,23,25)/t18-/m0/s1. The summed E-state index contributed by atoms with van der Waals surface area (Å²) in [6, 6.07) is 15.3. The molecule has 1 aliphatic heterocycles. The van der Waals surface area contributed by atoms with Crippen molar-refractivity contribution >= 4 is 23.4 Å². The third-order valence-corrected chi connectivity index (χ3v) is 5.13. The van der Waals surface area contributed by atoms with E-state index in [1.807, 2.05) is 48.5 Å². The second-order valence-corrected chi connectivity index (χ2v) is 6.85. The van der Waals surface area contributed by atoms with E-state index in [0.29, 0.717) is 24.9 Å². The monoisotopic (exact) mass is 360 g/mol. The zero-order valence-electron chi connectivity index (χ0n) is 14.9. The second kappa shape index (κ2) is 7.19. The predicted molar refractivity (Wildman–Crippen MR) is 102 cm³/mol. The normalized spacial score (nSPS) is 18.1. The summed E-state index contributed by atoms with van der Waals surface area (Å²) in [5, 5.41) is 2.99. The molecule has 4 rings (SSSR count). The van der Waals surface area contributed by atoms with Gasteiger partial charge in [-0.3, -0.25) is 19.3 Å². The molecule has 2 aromatic carbocycles. The Bertz CT molecular complexity index is 916. The van der Waals surface area contributed by atoms with Crippen LogP contribution in [-0.4, -0.2) is 22.6 Å². The van der Waals surface area contributed by atoms with Crippen LogP contribution in [0.2, 0.25) is 0 Å². The lowest BCUT2D eigenvalue weighted by molar-refractivity contribution is -0.139. The molecule has 3 amide bonds. The number of anilines is 1. The van der Waals surface area contributed by atoms with Crippen molar-refractivity contribution in [1.29, 1.82) is 0 Å². The first kappa shape index (κ1) is 17.2. The molecule has 0 radical (unpaired) electrons. The van der Waals surface area contributed by atoms with E-state index in [1.54, 1.807) is 0 Å². The largest absolute Gasteiger partial charge is 0.326 e. The fourth-order valence-electron chi connectivity index (χ4n) is 3.86. The van der Waals surface area contributed by atoms with E-state index < -0.39 is 0 Å². The van der Waals surface area contributed by atoms with Gasteiger partial charge < -0.3 is 5.32 Å². The van der Waals surface area contributed by atoms with E-state index in [1.165, 1.54) is 17.1 Å². The molecule has 0 fully saturated rings. The average molecular weight is 360 g/mol. The van der Waals surface area contributed by atoms with Crippen LogP contribution in [0.15, 0.2) is 60.7 Å². The lowest BCUT2D eigenvalue weighted by Crippen LogP contribution is -2.33. The first-order chi connectivity index (χ1) is 13.1. The van der Waals surface area contributed by atoms with Crippen LogP contribution in [0.25, 0.3) is 0 Å². The Kier molecular flexibility index (Phi) is 4.59. The van der Waals surface area contributed by atoms with Gasteiger partial charge in [0.1, 0.15) is 0 Å². The molecule has 0 unspecified atom stereocenters. The first-order valence-corrected chi connectivity index (χ1v) is 9.14. The Hall–Kier alpha value is -3.21. The fraction of sp³-hybridized carbons (Fsp3) is 0.227. The van der Waals surface area contributed by atoms with Gasteiger partial charge in [0.05, 0.1) is 6.04 Å². The van der Waals surface area contributed by atoms with E-state index in [2.05, 4.69) is 5.32 Å². The van der Waals surface area contributed by atoms with Crippen LogP contribution < -0.4 is 5.32 Å². The lowest BCUT2D eigenvalue weighted by Gasteiger charge is -2.25. The van der Waals surface area contributed by atoms with Crippen molar-refractivity contribution in [2.24, 2.45) is 0 Å². The number of carbonyl (C=O) groups excluding carboxylic acids is 3. The van der Waals surface area contributed by atoms with Gasteiger partial charge >= 0.3 is 0 Å². The molecule has 0 saturated carbocycles. The number of imide groups is 1. The molecular formula is C22H20N2O3. The highest BCUT2D eigenvalue weighted by atomic mass is 16.2. The molecule has 1 aliphatic carbocycles. The van der Waals surface area contributed by atoms with Crippen molar-refractivity contribution in [3.8, 4) is 0 Å². The maximum absolute atomic E-state index is 12.5. The van der Waals surface area contributed by atoms with Crippen molar-refractivity contribution in [2.75, 3.05) is 5.32 Å². The smallest absolute Gasteiger partial charge is 0.254 e. The van der Waals surface area contributed by atoms with Gasteiger partial charge in [-0.05, 0) is 36.5 Å². The molecule has 0 aromatic heterocycles. The average Bonchev–Trinajstić information content (AvgIpc) is 3.24. The molecule has 136 valence electrons. The summed E-state index contributed by atoms with van der Waals surface area (Å²) in [7, 11) is 0. The highest BCUT2D eigenvalue weighted by Crippen LogP contribution is 2.41. The van der Waals surface area contributed by atoms with E-state index >= 15 is 0 Å². The molecule has 0 bridgehead atoms. The Labute approximate surface area is 157 Å². The van der Waals surface area contributed by atoms with Gasteiger partial charge in [-0.2, -0.15) is 0 Å². The van der Waals surface area contributed by atoms with Crippen molar-refractivity contribution in [3.05, 3.63) is 77.4 Å². The number of rotatable bonds is 5. The summed E-state index contributed by atoms with van der Waals surface area (Å²) in [5.74, 6) is -0.652. The van der Waals surface area contributed by atoms with Gasteiger partial charge in [0.15, 0.2) is 0 Å². The molecule has 2 aliphatic rings. The predicted octanol–water partition coefficient (Wildman–Crippen LogP) is 3.17. The zero-order valence-corrected chi connectivity index (χ0v) is 14.9. The summed E-state index contributed by atoms with van der Waals surface area (Å²) in [4.78, 5) is 38.0. The van der Waals surface area contributed by atoms with Gasteiger partial charge in [-0.1, -0.05) is 42.5 Å². The SMILES string of the molecule is O=C(CCc1ccccc1)Nc1cccc2c1[C@@H](N1C(=O)C=CC1=O)CC2. The Morgan fingerprint density at radius 2 is 1.74 bits per heavy atom. The Balaban J connectivity index is 1.51. The van der Waals surface area contributed by atoms with Crippen LogP contribution in [0, 0.1) is 0 Å². The molecule has 27 heavy (non-hydrogen) atoms. The number of amides is 3. The molecule has 1 N–H and O–H groups in total. The summed E-state index contributed by atoms with van der Waals surface area (Å²) < 4.78 is 0. The van der Waals surface area contributed by atoms with Gasteiger partial charge in [0.25, 0.3) is 11.8 Å². The van der Waals surface area contributed by atoms with E-state index in [4.69, 9.17) is 0 Å². The molecule has 0 saturated heterocycles. The molecule has 1 heterocycles. The Morgan fingerprint density at radius 1 is 1.00 bits per heavy atom. The lowest BCUT2D eigenvalue weighted by atomic mass is 10.0. The highest BCUT2D eigenvalue weighted by Gasteiger charge is 2.37. The van der Waals surface area contributed by atoms with Gasteiger partial charge in [0.2, 0.25) is 5.91 Å². The van der Waals surface area contributed by atoms with Crippen LogP contribution in [0.5, 0.6) is 0 Å². The van der Waals surface area contributed by atoms with E-state index in [-0.39, 0.29) is 23.8 Å². The number of aryl methyl sites for hydroxylation is 2. The number of carbonyl (C=O) groups is 3. The van der Waals surface area contributed by atoms with E-state index in [0.717, 1.165) is 23.1 Å². The maximum atomic E-state index is 12.5. The Morgan fingerprint density at radius 3 is 2.48 bits per heavy atom. The number of benzene rings is 2. The minimum atomic E-state index is -0.319. The topological polar surface area (TPSA) is 66.5 Å². The maximum Gasteiger partial charge on any atom is 0.254 e. The summed E-state index contributed by atoms with van der Waals surface area (Å²) in [5.41, 5.74) is 3.77. The molecule has 2 aromatic rings. The van der Waals surface area contributed by atoms with Crippen molar-refractivity contribution < 1.29 is 14.4 Å². The van der Waals surface area contributed by atoms with Crippen molar-refractivity contribution in [1.82, 2.24) is 4.90 Å². The van der Waals surface area contributed by atoms with Crippen LogP contribution in [0.3, 0.4) is 0 Å². The van der Waals surface area contributed by atoms with Crippen molar-refractivity contribution in [2.45, 2.75) is 31.7 Å². The van der Waals surface area contributed by atoms with Crippen LogP contribution in [0.4, 0.5) is 5.69 Å². The van der Waals surface area contributed by atoms with Crippen LogP contribution in [-0.2, 0) is 27.2 Å². The number of hydrogen-bond donors (Lipinski definition) is 1. The minimum Gasteiger partial charge on any atom is -0.326 e. The summed E-state index contributed by atoms with van der Waals surface area (Å²) in [6.45, 7) is 0. The molecule has 5 nitrogen and oxygen atoms in total. The highest BCUT2D eigenvalue weighted by molar-refractivity contribution is 6.13. The number of nitrogens with zero attached hydrogens (tertiary/aromatic N) is 1. The number of fused-ring (bicyclic) bond motifs is 1. The number of hydrogen-bond acceptors (Lipinski definition) is 3. The van der Waals surface area contributed by atoms with Gasteiger partial charge in [0, 0.05) is 29.8 Å². The summed E-state index contributed by atoms with van der Waals surface area (Å²) in [6.07, 6.45) is 5.12. The van der Waals surface area contributed by atoms with Crippen LogP contribution in [0.1, 0.15) is 35.6 Å². The quantitative estimate of drug-likeness (QED) is 0.833. The third-order valence-electron chi connectivity index (χ3n) is 5.13. The fourth-order valence-corrected chi connectivity index (χ4v) is 3.86. The second-order valence-electron chi connectivity index (χ2n) is 6.85. The molecular weight excluding hydrogens is 340 g/mol. The molecule has 1 atom stereocenters. The number of nitrogens with one attached hydrogen (secondary N) is 1. The molecule has 5 heteroatoms. The van der Waals surface area contributed by atoms with E-state index in [9.17, 15) is 14.4 Å². The first-order valence-electron chi connectivity index (χ1n) is 9.14. The van der Waals surface area contributed by atoms with Crippen LogP contribution >= 0.6 is 0 Å². The summed E-state index contributed by atoms with van der Waals surface area (Å²) >= 11 is 0. The van der Waals surface area contributed by atoms with Gasteiger partial charge in [-0.25, -0.2) is 0 Å². The zero-order chi connectivity index (χ0) is 18.8. The minimum absolute atomic E-state index is 0.0740. The van der Waals surface area contributed by atoms with Gasteiger partial charge in [-0.15, -0.1) is 0 Å².